The van der Waals surface area contributed by atoms with Gasteiger partial charge in [0.1, 0.15) is 12.4 Å². The summed E-state index contributed by atoms with van der Waals surface area (Å²) < 4.78 is 13.1. The van der Waals surface area contributed by atoms with Crippen molar-refractivity contribution in [1.82, 2.24) is 0 Å². The molecule has 21 heavy (non-hydrogen) atoms. The average Bonchev–Trinajstić information content (AvgIpc) is 2.46. The van der Waals surface area contributed by atoms with Crippen molar-refractivity contribution < 1.29 is 14.3 Å². The smallest absolute Gasteiger partial charge is 0.256 e. The van der Waals surface area contributed by atoms with Gasteiger partial charge in [0.05, 0.1) is 5.56 Å². The molecule has 1 amide bonds. The standard InChI is InChI=1S/C17H14FNO2/c1-12-7-8-13(4-3-9-20)16(10-12)17(21)19-15-6-2-5-14(18)11-15/h2,5-8,10-11,20H,9H2,1H3,(H,19,21). The number of aliphatic hydroxyl groups excluding tert-OH is 1. The molecule has 0 unspecified atom stereocenters. The fourth-order valence-corrected chi connectivity index (χ4v) is 1.85. The monoisotopic (exact) mass is 283 g/mol. The van der Waals surface area contributed by atoms with Crippen molar-refractivity contribution >= 4 is 11.6 Å². The highest BCUT2D eigenvalue weighted by atomic mass is 19.1. The molecular formula is C17H14FNO2. The van der Waals surface area contributed by atoms with Crippen LogP contribution < -0.4 is 5.32 Å². The summed E-state index contributed by atoms with van der Waals surface area (Å²) in [5.74, 6) is 4.46. The summed E-state index contributed by atoms with van der Waals surface area (Å²) in [7, 11) is 0. The topological polar surface area (TPSA) is 49.3 Å². The average molecular weight is 283 g/mol. The van der Waals surface area contributed by atoms with Gasteiger partial charge in [-0.05, 0) is 37.3 Å². The Balaban J connectivity index is 2.32. The van der Waals surface area contributed by atoms with Crippen LogP contribution >= 0.6 is 0 Å². The number of carbonyl (C=O) groups excluding carboxylic acids is 1. The number of carbonyl (C=O) groups is 1. The fourth-order valence-electron chi connectivity index (χ4n) is 1.85. The Hall–Kier alpha value is -2.64. The normalized spacial score (nSPS) is 9.67. The van der Waals surface area contributed by atoms with Crippen molar-refractivity contribution in [2.45, 2.75) is 6.92 Å². The summed E-state index contributed by atoms with van der Waals surface area (Å²) in [6, 6.07) is 10.9. The van der Waals surface area contributed by atoms with Crippen LogP contribution in [0.5, 0.6) is 0 Å². The van der Waals surface area contributed by atoms with Gasteiger partial charge in [0.15, 0.2) is 0 Å². The van der Waals surface area contributed by atoms with Crippen LogP contribution in [0.15, 0.2) is 42.5 Å². The number of hydrogen-bond acceptors (Lipinski definition) is 2. The molecule has 0 atom stereocenters. The molecule has 0 radical (unpaired) electrons. The second-order valence-electron chi connectivity index (χ2n) is 4.47. The Kier molecular flexibility index (Phi) is 4.70. The van der Waals surface area contributed by atoms with Gasteiger partial charge in [-0.1, -0.05) is 29.5 Å². The van der Waals surface area contributed by atoms with Gasteiger partial charge in [0, 0.05) is 11.3 Å². The van der Waals surface area contributed by atoms with Crippen molar-refractivity contribution in [2.75, 3.05) is 11.9 Å². The van der Waals surface area contributed by atoms with Gasteiger partial charge in [-0.25, -0.2) is 4.39 Å². The Labute approximate surface area is 122 Å². The third-order valence-electron chi connectivity index (χ3n) is 2.80. The first-order valence-electron chi connectivity index (χ1n) is 6.37. The predicted molar refractivity (Wildman–Crippen MR) is 79.5 cm³/mol. The van der Waals surface area contributed by atoms with E-state index in [4.69, 9.17) is 5.11 Å². The van der Waals surface area contributed by atoms with Crippen LogP contribution in [-0.4, -0.2) is 17.6 Å². The Morgan fingerprint density at radius 2 is 2.10 bits per heavy atom. The number of amides is 1. The molecule has 106 valence electrons. The molecule has 2 rings (SSSR count). The summed E-state index contributed by atoms with van der Waals surface area (Å²) in [5, 5.41) is 11.4. The van der Waals surface area contributed by atoms with Gasteiger partial charge in [-0.15, -0.1) is 0 Å². The van der Waals surface area contributed by atoms with E-state index in [1.54, 1.807) is 18.2 Å². The van der Waals surface area contributed by atoms with Gasteiger partial charge < -0.3 is 10.4 Å². The minimum atomic E-state index is -0.419. The van der Waals surface area contributed by atoms with Crippen molar-refractivity contribution in [3.05, 3.63) is 65.0 Å². The maximum Gasteiger partial charge on any atom is 0.256 e. The first kappa shape index (κ1) is 14.8. The van der Waals surface area contributed by atoms with E-state index < -0.39 is 5.82 Å². The van der Waals surface area contributed by atoms with E-state index in [0.29, 0.717) is 16.8 Å². The predicted octanol–water partition coefficient (Wildman–Crippen LogP) is 2.73. The molecule has 0 saturated heterocycles. The number of benzene rings is 2. The van der Waals surface area contributed by atoms with Crippen LogP contribution in [0.1, 0.15) is 21.5 Å². The quantitative estimate of drug-likeness (QED) is 0.833. The molecule has 4 heteroatoms. The molecule has 0 heterocycles. The summed E-state index contributed by atoms with van der Waals surface area (Å²) in [6.07, 6.45) is 0. The number of aryl methyl sites for hydroxylation is 1. The van der Waals surface area contributed by atoms with Crippen LogP contribution in [0.25, 0.3) is 0 Å². The summed E-state index contributed by atoms with van der Waals surface area (Å²) in [5.41, 5.74) is 2.19. The van der Waals surface area contributed by atoms with E-state index >= 15 is 0 Å². The molecule has 3 nitrogen and oxygen atoms in total. The van der Waals surface area contributed by atoms with E-state index in [9.17, 15) is 9.18 Å². The Morgan fingerprint density at radius 3 is 2.81 bits per heavy atom. The van der Waals surface area contributed by atoms with Crippen LogP contribution in [0.4, 0.5) is 10.1 Å². The molecule has 0 aliphatic heterocycles. The highest BCUT2D eigenvalue weighted by molar-refractivity contribution is 6.06. The zero-order valence-electron chi connectivity index (χ0n) is 11.5. The molecule has 0 saturated carbocycles. The Bertz CT molecular complexity index is 729. The van der Waals surface area contributed by atoms with Gasteiger partial charge >= 0.3 is 0 Å². The number of hydrogen-bond donors (Lipinski definition) is 2. The maximum absolute atomic E-state index is 13.1. The maximum atomic E-state index is 13.1. The lowest BCUT2D eigenvalue weighted by molar-refractivity contribution is 0.102. The lowest BCUT2D eigenvalue weighted by atomic mass is 10.0. The molecule has 0 bridgehead atoms. The molecule has 0 aliphatic carbocycles. The first-order valence-corrected chi connectivity index (χ1v) is 6.37. The molecule has 0 fully saturated rings. The molecule has 0 aromatic heterocycles. The minimum Gasteiger partial charge on any atom is -0.384 e. The number of anilines is 1. The third kappa shape index (κ3) is 3.91. The van der Waals surface area contributed by atoms with E-state index in [1.165, 1.54) is 18.2 Å². The summed E-state index contributed by atoms with van der Waals surface area (Å²) in [4.78, 5) is 12.3. The third-order valence-corrected chi connectivity index (χ3v) is 2.80. The first-order chi connectivity index (χ1) is 10.1. The van der Waals surface area contributed by atoms with Crippen LogP contribution in [-0.2, 0) is 0 Å². The second-order valence-corrected chi connectivity index (χ2v) is 4.47. The van der Waals surface area contributed by atoms with E-state index in [1.807, 2.05) is 13.0 Å². The van der Waals surface area contributed by atoms with E-state index in [-0.39, 0.29) is 12.5 Å². The molecule has 2 N–H and O–H groups in total. The number of aliphatic hydroxyl groups is 1. The summed E-state index contributed by atoms with van der Waals surface area (Å²) in [6.45, 7) is 1.58. The number of rotatable bonds is 2. The van der Waals surface area contributed by atoms with Gasteiger partial charge in [-0.3, -0.25) is 4.79 Å². The van der Waals surface area contributed by atoms with Crippen LogP contribution in [0, 0.1) is 24.6 Å². The molecular weight excluding hydrogens is 269 g/mol. The van der Waals surface area contributed by atoms with Crippen molar-refractivity contribution in [1.29, 1.82) is 0 Å². The van der Waals surface area contributed by atoms with Gasteiger partial charge in [0.2, 0.25) is 0 Å². The number of nitrogens with one attached hydrogen (secondary N) is 1. The van der Waals surface area contributed by atoms with Crippen LogP contribution in [0.2, 0.25) is 0 Å². The van der Waals surface area contributed by atoms with Gasteiger partial charge in [0.25, 0.3) is 5.91 Å². The molecule has 0 spiro atoms. The largest absolute Gasteiger partial charge is 0.384 e. The highest BCUT2D eigenvalue weighted by Gasteiger charge is 2.11. The van der Waals surface area contributed by atoms with Crippen LogP contribution in [0.3, 0.4) is 0 Å². The van der Waals surface area contributed by atoms with Crippen molar-refractivity contribution in [3.63, 3.8) is 0 Å². The minimum absolute atomic E-state index is 0.279. The lowest BCUT2D eigenvalue weighted by Gasteiger charge is -2.08. The lowest BCUT2D eigenvalue weighted by Crippen LogP contribution is -2.14. The number of halogens is 1. The van der Waals surface area contributed by atoms with Crippen molar-refractivity contribution in [2.24, 2.45) is 0 Å². The van der Waals surface area contributed by atoms with Gasteiger partial charge in [-0.2, -0.15) is 0 Å². The zero-order chi connectivity index (χ0) is 15.2. The zero-order valence-corrected chi connectivity index (χ0v) is 11.5. The van der Waals surface area contributed by atoms with E-state index in [2.05, 4.69) is 17.2 Å². The second kappa shape index (κ2) is 6.69. The highest BCUT2D eigenvalue weighted by Crippen LogP contribution is 2.15. The Morgan fingerprint density at radius 1 is 1.29 bits per heavy atom. The SMILES string of the molecule is Cc1ccc(C#CCO)c(C(=O)Nc2cccc(F)c2)c1. The molecule has 2 aromatic carbocycles. The molecule has 0 aliphatic rings. The summed E-state index contributed by atoms with van der Waals surface area (Å²) >= 11 is 0. The molecule has 2 aromatic rings. The van der Waals surface area contributed by atoms with E-state index in [0.717, 1.165) is 5.56 Å². The van der Waals surface area contributed by atoms with Crippen molar-refractivity contribution in [3.8, 4) is 11.8 Å². The fraction of sp³-hybridized carbons (Fsp3) is 0.118.